The molecule has 8 nitrogen and oxygen atoms in total. The summed E-state index contributed by atoms with van der Waals surface area (Å²) in [6.45, 7) is 1.25. The van der Waals surface area contributed by atoms with Gasteiger partial charge in [0.2, 0.25) is 0 Å². The first-order valence-electron chi connectivity index (χ1n) is 22.7. The van der Waals surface area contributed by atoms with Crippen LogP contribution in [-0.2, 0) is 0 Å². The van der Waals surface area contributed by atoms with Crippen LogP contribution >= 0.6 is 23.2 Å². The Bertz CT molecular complexity index is 2700. The summed E-state index contributed by atoms with van der Waals surface area (Å²) in [5.74, 6) is -3.42. The standard InChI is InChI=1S/2C28H22ClNO3/c2*29-19-14-12-17(13-15-19)23-22-11-6-16-30(22)28(24(23)25(31)18-7-2-1-3-8-18)26(32)20-9-4-5-10-21(20)27(28)33/h2*1-5,7-10,12-15,22-24H,6,11,16H2/t2*22-,23-,24-/m00/s1. The first-order valence-corrected chi connectivity index (χ1v) is 23.5. The van der Waals surface area contributed by atoms with E-state index in [-0.39, 0.29) is 58.6 Å². The first kappa shape index (κ1) is 42.5. The molecule has 12 rings (SSSR count). The van der Waals surface area contributed by atoms with Gasteiger partial charge in [0, 0.05) is 67.3 Å². The largest absolute Gasteiger partial charge is 0.294 e. The summed E-state index contributed by atoms with van der Waals surface area (Å²) < 4.78 is 0. The van der Waals surface area contributed by atoms with Gasteiger partial charge in [-0.2, -0.15) is 0 Å². The molecule has 0 radical (unpaired) electrons. The van der Waals surface area contributed by atoms with Gasteiger partial charge in [0.15, 0.2) is 45.8 Å². The smallest absolute Gasteiger partial charge is 0.192 e. The Balaban J connectivity index is 0.000000146. The van der Waals surface area contributed by atoms with E-state index in [4.69, 9.17) is 23.2 Å². The molecule has 328 valence electrons. The van der Waals surface area contributed by atoms with Crippen LogP contribution in [0.1, 0.15) is 111 Å². The highest BCUT2D eigenvalue weighted by molar-refractivity contribution is 6.36. The first-order chi connectivity index (χ1) is 32.1. The van der Waals surface area contributed by atoms with Gasteiger partial charge in [-0.3, -0.25) is 38.6 Å². The number of halogens is 2. The minimum Gasteiger partial charge on any atom is -0.294 e. The number of rotatable bonds is 6. The Morgan fingerprint density at radius 2 is 0.727 bits per heavy atom. The van der Waals surface area contributed by atoms with Crippen molar-refractivity contribution < 1.29 is 28.8 Å². The number of Topliss-reactive ketones (excluding diaryl/α,β-unsaturated/α-hetero) is 6. The van der Waals surface area contributed by atoms with Crippen LogP contribution in [-0.4, -0.2) is 80.8 Å². The number of hydrogen-bond donors (Lipinski definition) is 0. The molecule has 0 N–H and O–H groups in total. The van der Waals surface area contributed by atoms with Crippen LogP contribution in [0, 0.1) is 11.8 Å². The molecule has 4 fully saturated rings. The highest BCUT2D eigenvalue weighted by atomic mass is 35.5. The number of carbonyl (C=O) groups is 6. The maximum Gasteiger partial charge on any atom is 0.192 e. The van der Waals surface area contributed by atoms with Gasteiger partial charge in [-0.05, 0) is 74.2 Å². The van der Waals surface area contributed by atoms with E-state index >= 15 is 0 Å². The van der Waals surface area contributed by atoms with E-state index in [9.17, 15) is 28.8 Å². The average molecular weight is 912 g/mol. The van der Waals surface area contributed by atoms with Gasteiger partial charge in [0.25, 0.3) is 0 Å². The van der Waals surface area contributed by atoms with E-state index in [1.165, 1.54) is 0 Å². The van der Waals surface area contributed by atoms with Gasteiger partial charge in [-0.25, -0.2) is 0 Å². The Morgan fingerprint density at radius 3 is 1.05 bits per heavy atom. The van der Waals surface area contributed by atoms with Crippen molar-refractivity contribution in [3.63, 3.8) is 0 Å². The molecule has 66 heavy (non-hydrogen) atoms. The summed E-state index contributed by atoms with van der Waals surface area (Å²) in [5, 5.41) is 1.22. The fourth-order valence-corrected chi connectivity index (χ4v) is 13.1. The predicted molar refractivity (Wildman–Crippen MR) is 252 cm³/mol. The maximum absolute atomic E-state index is 14.2. The second-order valence-corrected chi connectivity index (χ2v) is 19.2. The van der Waals surface area contributed by atoms with Crippen molar-refractivity contribution in [2.75, 3.05) is 13.1 Å². The maximum atomic E-state index is 14.2. The summed E-state index contributed by atoms with van der Waals surface area (Å²) in [6.07, 6.45) is 3.45. The quantitative estimate of drug-likeness (QED) is 0.120. The van der Waals surface area contributed by atoms with Crippen molar-refractivity contribution in [2.24, 2.45) is 11.8 Å². The van der Waals surface area contributed by atoms with Gasteiger partial charge in [-0.1, -0.05) is 157 Å². The molecule has 4 heterocycles. The van der Waals surface area contributed by atoms with Crippen molar-refractivity contribution in [1.29, 1.82) is 0 Å². The molecule has 10 heteroatoms. The molecular weight excluding hydrogens is 868 g/mol. The van der Waals surface area contributed by atoms with E-state index in [1.807, 2.05) is 84.9 Å². The normalized spacial score (nSPS) is 25.4. The Morgan fingerprint density at radius 1 is 0.424 bits per heavy atom. The fraction of sp³-hybridized carbons (Fsp3) is 0.250. The topological polar surface area (TPSA) is 109 Å². The van der Waals surface area contributed by atoms with Gasteiger partial charge in [0.1, 0.15) is 0 Å². The molecule has 0 unspecified atom stereocenters. The van der Waals surface area contributed by atoms with Crippen molar-refractivity contribution in [1.82, 2.24) is 9.80 Å². The van der Waals surface area contributed by atoms with Gasteiger partial charge >= 0.3 is 0 Å². The highest BCUT2D eigenvalue weighted by Gasteiger charge is 2.73. The summed E-state index contributed by atoms with van der Waals surface area (Å²) in [5.41, 5.74) is 1.65. The van der Waals surface area contributed by atoms with Crippen LogP contribution in [0.2, 0.25) is 10.0 Å². The molecule has 4 aliphatic heterocycles. The molecule has 4 saturated heterocycles. The molecule has 6 atom stereocenters. The summed E-state index contributed by atoms with van der Waals surface area (Å²) in [6, 6.07) is 47.0. The van der Waals surface area contributed by atoms with E-state index in [1.54, 1.807) is 72.8 Å². The second-order valence-electron chi connectivity index (χ2n) is 18.3. The molecule has 2 spiro atoms. The Kier molecular flexibility index (Phi) is 10.5. The number of ketones is 6. The number of nitrogens with zero attached hydrogens (tertiary/aromatic N) is 2. The van der Waals surface area contributed by atoms with E-state index in [0.717, 1.165) is 36.8 Å². The summed E-state index contributed by atoms with van der Waals surface area (Å²) >= 11 is 12.3. The van der Waals surface area contributed by atoms with Crippen LogP contribution in [0.25, 0.3) is 0 Å². The van der Waals surface area contributed by atoms with Crippen molar-refractivity contribution in [2.45, 2.75) is 60.7 Å². The van der Waals surface area contributed by atoms with Gasteiger partial charge in [0.05, 0.1) is 11.8 Å². The van der Waals surface area contributed by atoms with Gasteiger partial charge < -0.3 is 0 Å². The Hall–Kier alpha value is -6.16. The molecular formula is C56H44Cl2N2O6. The lowest BCUT2D eigenvalue weighted by Crippen LogP contribution is -2.58. The lowest BCUT2D eigenvalue weighted by atomic mass is 9.69. The number of hydrogen-bond acceptors (Lipinski definition) is 8. The summed E-state index contributed by atoms with van der Waals surface area (Å²) in [7, 11) is 0. The third-order valence-corrected chi connectivity index (χ3v) is 15.9. The number of benzene rings is 6. The fourth-order valence-electron chi connectivity index (χ4n) is 12.9. The lowest BCUT2D eigenvalue weighted by Gasteiger charge is -2.35. The van der Waals surface area contributed by atoms with Crippen molar-refractivity contribution in [3.05, 3.63) is 212 Å². The number of carbonyl (C=O) groups excluding carboxylic acids is 6. The average Bonchev–Trinajstić information content (AvgIpc) is 4.20. The van der Waals surface area contributed by atoms with E-state index < -0.39 is 22.9 Å². The molecule has 6 aromatic carbocycles. The van der Waals surface area contributed by atoms with Crippen LogP contribution in [0.5, 0.6) is 0 Å². The summed E-state index contributed by atoms with van der Waals surface area (Å²) in [4.78, 5) is 88.9. The van der Waals surface area contributed by atoms with Crippen molar-refractivity contribution >= 4 is 57.9 Å². The zero-order valence-corrected chi connectivity index (χ0v) is 37.3. The monoisotopic (exact) mass is 910 g/mol. The van der Waals surface area contributed by atoms with Crippen molar-refractivity contribution in [3.8, 4) is 0 Å². The molecule has 0 bridgehead atoms. The second kappa shape index (κ2) is 16.3. The zero-order valence-electron chi connectivity index (χ0n) is 35.8. The minimum atomic E-state index is -1.50. The van der Waals surface area contributed by atoms with E-state index in [0.29, 0.717) is 56.5 Å². The third-order valence-electron chi connectivity index (χ3n) is 15.4. The van der Waals surface area contributed by atoms with Gasteiger partial charge in [-0.15, -0.1) is 0 Å². The van der Waals surface area contributed by atoms with Crippen LogP contribution in [0.4, 0.5) is 0 Å². The lowest BCUT2D eigenvalue weighted by molar-refractivity contribution is 0.0468. The number of fused-ring (bicyclic) bond motifs is 6. The molecule has 6 aliphatic rings. The van der Waals surface area contributed by atoms with E-state index in [2.05, 4.69) is 9.80 Å². The third kappa shape index (κ3) is 6.04. The van der Waals surface area contributed by atoms with Crippen LogP contribution in [0.15, 0.2) is 158 Å². The zero-order chi connectivity index (χ0) is 45.5. The van der Waals surface area contributed by atoms with Crippen LogP contribution in [0.3, 0.4) is 0 Å². The minimum absolute atomic E-state index is 0.0638. The molecule has 0 amide bonds. The molecule has 0 saturated carbocycles. The highest BCUT2D eigenvalue weighted by Crippen LogP contribution is 2.59. The molecule has 0 aromatic heterocycles. The SMILES string of the molecule is O=C(c1ccccc1)[C@@H]1[C@@H](c2ccc(Cl)cc2)[C@@H]2CCCN2C12C(=O)c1ccccc1C2=O.O=C(c1ccccc1)[C@@H]1[C@@H](c2ccc(Cl)cc2)[C@@H]2CCCN2C12C(=O)c1ccccc1C2=O. The Labute approximate surface area is 392 Å². The molecule has 2 aliphatic carbocycles. The van der Waals surface area contributed by atoms with Crippen LogP contribution < -0.4 is 0 Å². The predicted octanol–water partition coefficient (Wildman–Crippen LogP) is 10.4. The molecule has 6 aromatic rings.